The predicted molar refractivity (Wildman–Crippen MR) is 108 cm³/mol. The van der Waals surface area contributed by atoms with E-state index in [4.69, 9.17) is 0 Å². The first kappa shape index (κ1) is 16.6. The molecule has 0 atom stereocenters. The molecule has 26 heavy (non-hydrogen) atoms. The van der Waals surface area contributed by atoms with Gasteiger partial charge in [-0.25, -0.2) is 0 Å². The second-order valence-electron chi connectivity index (χ2n) is 7.35. The molecule has 1 aliphatic rings. The average molecular weight is 341 g/mol. The molecule has 130 valence electrons. The van der Waals surface area contributed by atoms with E-state index in [-0.39, 0.29) is 11.4 Å². The number of hydrogen-bond acceptors (Lipinski definition) is 1. The standard InChI is InChI=1S/C24H23NO/c1-24(2,21-15-14-18-9-6-7-12-20(18)17-21)25-16-8-13-22(23(25)26)19-10-4-3-5-11-19/h3-7,9-15,17H,8,16H2,1-2H3. The maximum atomic E-state index is 13.3. The summed E-state index contributed by atoms with van der Waals surface area (Å²) in [5.41, 5.74) is 2.61. The van der Waals surface area contributed by atoms with E-state index in [0.29, 0.717) is 0 Å². The second kappa shape index (κ2) is 6.45. The van der Waals surface area contributed by atoms with Gasteiger partial charge in [-0.2, -0.15) is 0 Å². The molecule has 2 heteroatoms. The van der Waals surface area contributed by atoms with E-state index in [0.717, 1.165) is 24.1 Å². The van der Waals surface area contributed by atoms with Crippen LogP contribution >= 0.6 is 0 Å². The number of nitrogens with zero attached hydrogens (tertiary/aromatic N) is 1. The third-order valence-electron chi connectivity index (χ3n) is 5.39. The van der Waals surface area contributed by atoms with Crippen molar-refractivity contribution in [2.24, 2.45) is 0 Å². The van der Waals surface area contributed by atoms with Crippen LogP contribution < -0.4 is 0 Å². The minimum atomic E-state index is -0.366. The third kappa shape index (κ3) is 2.82. The van der Waals surface area contributed by atoms with Crippen molar-refractivity contribution in [2.45, 2.75) is 25.8 Å². The number of carbonyl (C=O) groups is 1. The van der Waals surface area contributed by atoms with E-state index >= 15 is 0 Å². The Kier molecular flexibility index (Phi) is 4.12. The molecular weight excluding hydrogens is 318 g/mol. The highest BCUT2D eigenvalue weighted by Gasteiger charge is 2.35. The van der Waals surface area contributed by atoms with E-state index in [9.17, 15) is 4.79 Å². The molecule has 0 aromatic heterocycles. The Morgan fingerprint density at radius 3 is 2.31 bits per heavy atom. The molecule has 1 aliphatic heterocycles. The van der Waals surface area contributed by atoms with Crippen molar-refractivity contribution in [3.05, 3.63) is 90.0 Å². The summed E-state index contributed by atoms with van der Waals surface area (Å²) in [5, 5.41) is 2.43. The van der Waals surface area contributed by atoms with Crippen LogP contribution in [-0.4, -0.2) is 17.4 Å². The van der Waals surface area contributed by atoms with E-state index in [1.165, 1.54) is 16.3 Å². The fourth-order valence-corrected chi connectivity index (χ4v) is 3.79. The highest BCUT2D eigenvalue weighted by Crippen LogP contribution is 2.35. The Morgan fingerprint density at radius 2 is 1.54 bits per heavy atom. The summed E-state index contributed by atoms with van der Waals surface area (Å²) in [5.74, 6) is 0.112. The molecular formula is C24H23NO. The summed E-state index contributed by atoms with van der Waals surface area (Å²) < 4.78 is 0. The summed E-state index contributed by atoms with van der Waals surface area (Å²) in [4.78, 5) is 15.3. The van der Waals surface area contributed by atoms with Crippen molar-refractivity contribution in [1.29, 1.82) is 0 Å². The first-order chi connectivity index (χ1) is 12.6. The molecule has 0 spiro atoms. The quantitative estimate of drug-likeness (QED) is 0.625. The summed E-state index contributed by atoms with van der Waals surface area (Å²) in [7, 11) is 0. The molecule has 0 saturated heterocycles. The van der Waals surface area contributed by atoms with Gasteiger partial charge in [-0.05, 0) is 48.2 Å². The van der Waals surface area contributed by atoms with Gasteiger partial charge in [0.25, 0.3) is 5.91 Å². The van der Waals surface area contributed by atoms with Crippen molar-refractivity contribution >= 4 is 22.3 Å². The van der Waals surface area contributed by atoms with E-state index in [2.05, 4.69) is 62.4 Å². The lowest BCUT2D eigenvalue weighted by Crippen LogP contribution is -2.47. The molecule has 0 aliphatic carbocycles. The second-order valence-corrected chi connectivity index (χ2v) is 7.35. The summed E-state index contributed by atoms with van der Waals surface area (Å²) in [6.07, 6.45) is 2.96. The van der Waals surface area contributed by atoms with Gasteiger partial charge >= 0.3 is 0 Å². The number of fused-ring (bicyclic) bond motifs is 1. The van der Waals surface area contributed by atoms with Crippen LogP contribution in [0.3, 0.4) is 0 Å². The summed E-state index contributed by atoms with van der Waals surface area (Å²) >= 11 is 0. The van der Waals surface area contributed by atoms with Gasteiger partial charge in [0.1, 0.15) is 0 Å². The first-order valence-electron chi connectivity index (χ1n) is 9.14. The molecule has 0 saturated carbocycles. The van der Waals surface area contributed by atoms with Gasteiger partial charge < -0.3 is 4.90 Å². The fraction of sp³-hybridized carbons (Fsp3) is 0.208. The van der Waals surface area contributed by atoms with Crippen LogP contribution in [0.1, 0.15) is 31.4 Å². The number of hydrogen-bond donors (Lipinski definition) is 0. The van der Waals surface area contributed by atoms with Crippen LogP contribution in [0.5, 0.6) is 0 Å². The Morgan fingerprint density at radius 1 is 0.846 bits per heavy atom. The first-order valence-corrected chi connectivity index (χ1v) is 9.14. The van der Waals surface area contributed by atoms with Gasteiger partial charge in [0.05, 0.1) is 5.54 Å². The molecule has 1 amide bonds. The van der Waals surface area contributed by atoms with Gasteiger partial charge in [0.15, 0.2) is 0 Å². The number of rotatable bonds is 3. The lowest BCUT2D eigenvalue weighted by atomic mass is 9.87. The third-order valence-corrected chi connectivity index (χ3v) is 5.39. The van der Waals surface area contributed by atoms with E-state index < -0.39 is 0 Å². The van der Waals surface area contributed by atoms with Crippen LogP contribution in [0.25, 0.3) is 16.3 Å². The zero-order chi connectivity index (χ0) is 18.1. The number of carbonyl (C=O) groups excluding carboxylic acids is 1. The van der Waals surface area contributed by atoms with Gasteiger partial charge in [-0.15, -0.1) is 0 Å². The average Bonchev–Trinajstić information content (AvgIpc) is 2.68. The van der Waals surface area contributed by atoms with Crippen molar-refractivity contribution in [2.75, 3.05) is 6.54 Å². The van der Waals surface area contributed by atoms with E-state index in [1.54, 1.807) is 0 Å². The monoisotopic (exact) mass is 341 g/mol. The number of amides is 1. The van der Waals surface area contributed by atoms with E-state index in [1.807, 2.05) is 35.2 Å². The molecule has 0 N–H and O–H groups in total. The maximum absolute atomic E-state index is 13.3. The lowest BCUT2D eigenvalue weighted by molar-refractivity contribution is -0.131. The Bertz CT molecular complexity index is 985. The number of benzene rings is 3. The normalized spacial score (nSPS) is 15.2. The van der Waals surface area contributed by atoms with Crippen LogP contribution in [0.2, 0.25) is 0 Å². The van der Waals surface area contributed by atoms with Crippen LogP contribution in [-0.2, 0) is 10.3 Å². The van der Waals surface area contributed by atoms with Gasteiger partial charge in [0.2, 0.25) is 0 Å². The minimum absolute atomic E-state index is 0.112. The van der Waals surface area contributed by atoms with Gasteiger partial charge in [0, 0.05) is 12.1 Å². The minimum Gasteiger partial charge on any atom is -0.329 e. The smallest absolute Gasteiger partial charge is 0.254 e. The lowest BCUT2D eigenvalue weighted by Gasteiger charge is -2.41. The van der Waals surface area contributed by atoms with Crippen LogP contribution in [0.15, 0.2) is 78.9 Å². The molecule has 3 aromatic rings. The Hall–Kier alpha value is -2.87. The highest BCUT2D eigenvalue weighted by atomic mass is 16.2. The SMILES string of the molecule is CC(C)(c1ccc2ccccc2c1)N1CCC=C(c2ccccc2)C1=O. The van der Waals surface area contributed by atoms with Crippen LogP contribution in [0.4, 0.5) is 0 Å². The zero-order valence-electron chi connectivity index (χ0n) is 15.3. The van der Waals surface area contributed by atoms with Gasteiger partial charge in [-0.1, -0.05) is 72.8 Å². The summed E-state index contributed by atoms with van der Waals surface area (Å²) in [6.45, 7) is 5.03. The van der Waals surface area contributed by atoms with Gasteiger partial charge in [-0.3, -0.25) is 4.79 Å². The van der Waals surface area contributed by atoms with Crippen molar-refractivity contribution in [1.82, 2.24) is 4.90 Å². The molecule has 4 rings (SSSR count). The highest BCUT2D eigenvalue weighted by molar-refractivity contribution is 6.20. The molecule has 1 heterocycles. The van der Waals surface area contributed by atoms with Crippen LogP contribution in [0, 0.1) is 0 Å². The fourth-order valence-electron chi connectivity index (χ4n) is 3.79. The molecule has 0 radical (unpaired) electrons. The Labute approximate surface area is 154 Å². The van der Waals surface area contributed by atoms with Crippen molar-refractivity contribution in [3.63, 3.8) is 0 Å². The molecule has 0 bridgehead atoms. The zero-order valence-corrected chi connectivity index (χ0v) is 15.3. The van der Waals surface area contributed by atoms with Crippen molar-refractivity contribution in [3.8, 4) is 0 Å². The Balaban J connectivity index is 1.70. The largest absolute Gasteiger partial charge is 0.329 e. The molecule has 2 nitrogen and oxygen atoms in total. The summed E-state index contributed by atoms with van der Waals surface area (Å²) in [6, 6.07) is 24.8. The molecule has 3 aromatic carbocycles. The van der Waals surface area contributed by atoms with Crippen molar-refractivity contribution < 1.29 is 4.79 Å². The molecule has 0 unspecified atom stereocenters. The topological polar surface area (TPSA) is 20.3 Å². The predicted octanol–water partition coefficient (Wildman–Crippen LogP) is 5.39. The molecule has 0 fully saturated rings. The maximum Gasteiger partial charge on any atom is 0.254 e.